The SMILES string of the molecule is NC(c1cccnc1)c1cscc1Br. The second kappa shape index (κ2) is 4.21. The summed E-state index contributed by atoms with van der Waals surface area (Å²) in [5.41, 5.74) is 8.25. The Hall–Kier alpha value is -0.710. The first-order chi connectivity index (χ1) is 6.79. The van der Waals surface area contributed by atoms with E-state index in [9.17, 15) is 0 Å². The first-order valence-electron chi connectivity index (χ1n) is 4.16. The average Bonchev–Trinajstić information content (AvgIpc) is 2.65. The van der Waals surface area contributed by atoms with Crippen LogP contribution < -0.4 is 5.73 Å². The van der Waals surface area contributed by atoms with Gasteiger partial charge in [-0.15, -0.1) is 0 Å². The molecule has 0 saturated heterocycles. The van der Waals surface area contributed by atoms with Crippen LogP contribution in [-0.2, 0) is 0 Å². The molecule has 0 bridgehead atoms. The molecule has 2 aromatic rings. The van der Waals surface area contributed by atoms with Gasteiger partial charge in [0, 0.05) is 22.2 Å². The highest BCUT2D eigenvalue weighted by atomic mass is 79.9. The van der Waals surface area contributed by atoms with Crippen molar-refractivity contribution < 1.29 is 0 Å². The van der Waals surface area contributed by atoms with Crippen molar-refractivity contribution in [2.75, 3.05) is 0 Å². The van der Waals surface area contributed by atoms with Crippen molar-refractivity contribution in [3.05, 3.63) is 50.9 Å². The summed E-state index contributed by atoms with van der Waals surface area (Å²) in [6.45, 7) is 0. The number of pyridine rings is 1. The molecule has 0 spiro atoms. The van der Waals surface area contributed by atoms with Gasteiger partial charge in [-0.1, -0.05) is 6.07 Å². The lowest BCUT2D eigenvalue weighted by Crippen LogP contribution is -2.11. The van der Waals surface area contributed by atoms with Gasteiger partial charge in [0.25, 0.3) is 0 Å². The molecule has 2 nitrogen and oxygen atoms in total. The minimum absolute atomic E-state index is 0.0932. The first kappa shape index (κ1) is 9.83. The number of nitrogens with zero attached hydrogens (tertiary/aromatic N) is 1. The fourth-order valence-corrected chi connectivity index (χ4v) is 2.83. The summed E-state index contributed by atoms with van der Waals surface area (Å²) in [6.07, 6.45) is 3.55. The van der Waals surface area contributed by atoms with E-state index in [1.807, 2.05) is 17.5 Å². The van der Waals surface area contributed by atoms with Gasteiger partial charge in [0.1, 0.15) is 0 Å². The van der Waals surface area contributed by atoms with E-state index in [1.165, 1.54) is 0 Å². The molecule has 0 radical (unpaired) electrons. The zero-order chi connectivity index (χ0) is 9.97. The van der Waals surface area contributed by atoms with Gasteiger partial charge in [-0.25, -0.2) is 0 Å². The predicted molar refractivity (Wildman–Crippen MR) is 62.3 cm³/mol. The summed E-state index contributed by atoms with van der Waals surface area (Å²) in [5.74, 6) is 0. The van der Waals surface area contributed by atoms with Crippen molar-refractivity contribution in [1.29, 1.82) is 0 Å². The second-order valence-electron chi connectivity index (χ2n) is 2.94. The molecule has 0 amide bonds. The van der Waals surface area contributed by atoms with Crippen LogP contribution in [0, 0.1) is 0 Å². The Kier molecular flexibility index (Phi) is 2.96. The van der Waals surface area contributed by atoms with Crippen LogP contribution in [-0.4, -0.2) is 4.98 Å². The van der Waals surface area contributed by atoms with Crippen molar-refractivity contribution >= 4 is 27.3 Å². The van der Waals surface area contributed by atoms with E-state index in [4.69, 9.17) is 5.73 Å². The number of nitrogens with two attached hydrogens (primary N) is 1. The summed E-state index contributed by atoms with van der Waals surface area (Å²) in [7, 11) is 0. The minimum Gasteiger partial charge on any atom is -0.320 e. The van der Waals surface area contributed by atoms with Crippen LogP contribution in [0.3, 0.4) is 0 Å². The second-order valence-corrected chi connectivity index (χ2v) is 4.54. The number of aromatic nitrogens is 1. The van der Waals surface area contributed by atoms with Gasteiger partial charge >= 0.3 is 0 Å². The lowest BCUT2D eigenvalue weighted by molar-refractivity contribution is 0.863. The third-order valence-corrected chi connectivity index (χ3v) is 3.77. The highest BCUT2D eigenvalue weighted by molar-refractivity contribution is 9.10. The highest BCUT2D eigenvalue weighted by Crippen LogP contribution is 2.29. The Balaban J connectivity index is 2.34. The molecule has 0 aliphatic carbocycles. The molecular weight excluding hydrogens is 260 g/mol. The summed E-state index contributed by atoms with van der Waals surface area (Å²) in [5, 5.41) is 4.09. The monoisotopic (exact) mass is 268 g/mol. The summed E-state index contributed by atoms with van der Waals surface area (Å²) < 4.78 is 1.07. The third kappa shape index (κ3) is 1.87. The van der Waals surface area contributed by atoms with E-state index in [0.29, 0.717) is 0 Å². The highest BCUT2D eigenvalue weighted by Gasteiger charge is 2.12. The van der Waals surface area contributed by atoms with E-state index < -0.39 is 0 Å². The molecule has 2 aromatic heterocycles. The fourth-order valence-electron chi connectivity index (χ4n) is 1.25. The lowest BCUT2D eigenvalue weighted by atomic mass is 10.0. The van der Waals surface area contributed by atoms with Crippen LogP contribution in [0.4, 0.5) is 0 Å². The van der Waals surface area contributed by atoms with Crippen LogP contribution in [0.5, 0.6) is 0 Å². The maximum atomic E-state index is 6.10. The van der Waals surface area contributed by atoms with Gasteiger partial charge in [-0.3, -0.25) is 4.98 Å². The molecule has 1 atom stereocenters. The maximum absolute atomic E-state index is 6.10. The van der Waals surface area contributed by atoms with E-state index in [-0.39, 0.29) is 6.04 Å². The van der Waals surface area contributed by atoms with E-state index >= 15 is 0 Å². The standard InChI is InChI=1S/C10H9BrN2S/c11-9-6-14-5-8(9)10(12)7-2-1-3-13-4-7/h1-6,10H,12H2. The Labute approximate surface area is 94.9 Å². The molecule has 72 valence electrons. The van der Waals surface area contributed by atoms with Crippen LogP contribution >= 0.6 is 27.3 Å². The van der Waals surface area contributed by atoms with Crippen LogP contribution in [0.25, 0.3) is 0 Å². The normalized spacial score (nSPS) is 12.7. The molecular formula is C10H9BrN2S. The van der Waals surface area contributed by atoms with Crippen molar-refractivity contribution in [3.63, 3.8) is 0 Å². The smallest absolute Gasteiger partial charge is 0.0586 e. The number of rotatable bonds is 2. The molecule has 0 fully saturated rings. The van der Waals surface area contributed by atoms with Gasteiger partial charge in [0.15, 0.2) is 0 Å². The van der Waals surface area contributed by atoms with Gasteiger partial charge in [0.05, 0.1) is 6.04 Å². The van der Waals surface area contributed by atoms with Crippen molar-refractivity contribution in [3.8, 4) is 0 Å². The Bertz CT molecular complexity index is 413. The molecule has 4 heteroatoms. The molecule has 2 heterocycles. The average molecular weight is 269 g/mol. The third-order valence-electron chi connectivity index (χ3n) is 2.02. The fraction of sp³-hybridized carbons (Fsp3) is 0.100. The predicted octanol–water partition coefficient (Wildman–Crippen LogP) is 2.95. The van der Waals surface area contributed by atoms with Crippen molar-refractivity contribution in [2.45, 2.75) is 6.04 Å². The van der Waals surface area contributed by atoms with Gasteiger partial charge in [-0.05, 0) is 38.5 Å². The molecule has 2 rings (SSSR count). The molecule has 14 heavy (non-hydrogen) atoms. The molecule has 0 aliphatic heterocycles. The van der Waals surface area contributed by atoms with E-state index in [2.05, 4.69) is 26.3 Å². The number of halogens is 1. The van der Waals surface area contributed by atoms with E-state index in [1.54, 1.807) is 23.7 Å². The zero-order valence-corrected chi connectivity index (χ0v) is 9.75. The quantitative estimate of drug-likeness (QED) is 0.910. The van der Waals surface area contributed by atoms with Crippen LogP contribution in [0.1, 0.15) is 17.2 Å². The molecule has 0 aromatic carbocycles. The number of thiophene rings is 1. The van der Waals surface area contributed by atoms with Gasteiger partial charge in [0.2, 0.25) is 0 Å². The van der Waals surface area contributed by atoms with E-state index in [0.717, 1.165) is 15.6 Å². The molecule has 0 saturated carbocycles. The summed E-state index contributed by atoms with van der Waals surface area (Å²) in [6, 6.07) is 3.79. The van der Waals surface area contributed by atoms with Crippen molar-refractivity contribution in [2.24, 2.45) is 5.73 Å². The Morgan fingerprint density at radius 2 is 2.29 bits per heavy atom. The summed E-state index contributed by atoms with van der Waals surface area (Å²) >= 11 is 5.12. The Morgan fingerprint density at radius 3 is 2.86 bits per heavy atom. The van der Waals surface area contributed by atoms with Gasteiger partial charge < -0.3 is 5.73 Å². The minimum atomic E-state index is -0.0932. The molecule has 0 aliphatic rings. The molecule has 2 N–H and O–H groups in total. The lowest BCUT2D eigenvalue weighted by Gasteiger charge is -2.10. The van der Waals surface area contributed by atoms with Crippen LogP contribution in [0.15, 0.2) is 39.8 Å². The van der Waals surface area contributed by atoms with Gasteiger partial charge in [-0.2, -0.15) is 11.3 Å². The number of hydrogen-bond acceptors (Lipinski definition) is 3. The zero-order valence-electron chi connectivity index (χ0n) is 7.35. The topological polar surface area (TPSA) is 38.9 Å². The van der Waals surface area contributed by atoms with Crippen molar-refractivity contribution in [1.82, 2.24) is 4.98 Å². The maximum Gasteiger partial charge on any atom is 0.0586 e. The van der Waals surface area contributed by atoms with Crippen LogP contribution in [0.2, 0.25) is 0 Å². The molecule has 1 unspecified atom stereocenters. The largest absolute Gasteiger partial charge is 0.320 e. The Morgan fingerprint density at radius 1 is 1.43 bits per heavy atom. The summed E-state index contributed by atoms with van der Waals surface area (Å²) in [4.78, 5) is 4.05. The first-order valence-corrected chi connectivity index (χ1v) is 5.89. The number of hydrogen-bond donors (Lipinski definition) is 1.